The maximum Gasteiger partial charge on any atom is 0.253 e. The summed E-state index contributed by atoms with van der Waals surface area (Å²) in [6, 6.07) is 20.8. The lowest BCUT2D eigenvalue weighted by atomic mass is 10.0. The largest absolute Gasteiger partial charge is 0.358 e. The monoisotopic (exact) mass is 426 g/mol. The molecule has 0 radical (unpaired) electrons. The standard InChI is InChI=1S/C26H23FN4O/c27-22-7-2-1-5-20(22)16-28-15-17-4-3-6-18(12-17)24-13-19(8-10-29-24)25-14-21-23(31-25)9-11-30-26(21)32/h1-8,10,12-14,28,31H,9,11,15-16H2,(H,30,32). The summed E-state index contributed by atoms with van der Waals surface area (Å²) in [5.74, 6) is -0.225. The van der Waals surface area contributed by atoms with Gasteiger partial charge in [0.15, 0.2) is 0 Å². The average molecular weight is 426 g/mol. The van der Waals surface area contributed by atoms with Crippen molar-refractivity contribution in [1.82, 2.24) is 20.6 Å². The summed E-state index contributed by atoms with van der Waals surface area (Å²) in [6.45, 7) is 1.75. The van der Waals surface area contributed by atoms with E-state index in [0.29, 0.717) is 30.8 Å². The van der Waals surface area contributed by atoms with Crippen LogP contribution >= 0.6 is 0 Å². The Morgan fingerprint density at radius 2 is 1.88 bits per heavy atom. The van der Waals surface area contributed by atoms with Crippen LogP contribution in [-0.4, -0.2) is 22.4 Å². The third-order valence-corrected chi connectivity index (χ3v) is 5.70. The summed E-state index contributed by atoms with van der Waals surface area (Å²) in [5.41, 5.74) is 7.20. The van der Waals surface area contributed by atoms with E-state index in [1.807, 2.05) is 42.5 Å². The van der Waals surface area contributed by atoms with E-state index in [2.05, 4.69) is 26.7 Å². The number of amides is 1. The summed E-state index contributed by atoms with van der Waals surface area (Å²) in [7, 11) is 0. The molecule has 6 heteroatoms. The van der Waals surface area contributed by atoms with Crippen molar-refractivity contribution in [2.24, 2.45) is 0 Å². The highest BCUT2D eigenvalue weighted by Gasteiger charge is 2.20. The Hall–Kier alpha value is -3.77. The third kappa shape index (κ3) is 4.18. The third-order valence-electron chi connectivity index (χ3n) is 5.70. The zero-order chi connectivity index (χ0) is 21.9. The van der Waals surface area contributed by atoms with Crippen LogP contribution in [-0.2, 0) is 19.5 Å². The Kier molecular flexibility index (Phi) is 5.52. The van der Waals surface area contributed by atoms with Gasteiger partial charge in [-0.25, -0.2) is 4.39 Å². The van der Waals surface area contributed by atoms with E-state index in [-0.39, 0.29) is 11.7 Å². The van der Waals surface area contributed by atoms with Crippen molar-refractivity contribution < 1.29 is 9.18 Å². The molecule has 2 aromatic heterocycles. The smallest absolute Gasteiger partial charge is 0.253 e. The quantitative estimate of drug-likeness (QED) is 0.426. The second-order valence-electron chi connectivity index (χ2n) is 7.91. The van der Waals surface area contributed by atoms with Crippen molar-refractivity contribution in [2.75, 3.05) is 6.54 Å². The van der Waals surface area contributed by atoms with Gasteiger partial charge in [-0.05, 0) is 35.9 Å². The second kappa shape index (κ2) is 8.77. The van der Waals surface area contributed by atoms with Gasteiger partial charge in [-0.1, -0.05) is 36.4 Å². The Morgan fingerprint density at radius 3 is 2.75 bits per heavy atom. The Bertz CT molecular complexity index is 1280. The molecule has 32 heavy (non-hydrogen) atoms. The molecule has 0 aliphatic carbocycles. The Morgan fingerprint density at radius 1 is 0.969 bits per heavy atom. The second-order valence-corrected chi connectivity index (χ2v) is 7.91. The molecule has 0 unspecified atom stereocenters. The summed E-state index contributed by atoms with van der Waals surface area (Å²) in [4.78, 5) is 20.0. The van der Waals surface area contributed by atoms with Crippen molar-refractivity contribution in [2.45, 2.75) is 19.5 Å². The highest BCUT2D eigenvalue weighted by Crippen LogP contribution is 2.27. The molecule has 2 aromatic carbocycles. The molecule has 1 amide bonds. The van der Waals surface area contributed by atoms with Crippen LogP contribution in [0.25, 0.3) is 22.5 Å². The number of halogens is 1. The van der Waals surface area contributed by atoms with Gasteiger partial charge >= 0.3 is 0 Å². The van der Waals surface area contributed by atoms with Crippen molar-refractivity contribution in [3.8, 4) is 22.5 Å². The minimum absolute atomic E-state index is 0.0291. The minimum Gasteiger partial charge on any atom is -0.358 e. The molecule has 160 valence electrons. The van der Waals surface area contributed by atoms with Gasteiger partial charge in [0.2, 0.25) is 0 Å². The fourth-order valence-corrected chi connectivity index (χ4v) is 4.03. The minimum atomic E-state index is -0.196. The molecule has 0 atom stereocenters. The van der Waals surface area contributed by atoms with Gasteiger partial charge in [0, 0.05) is 60.3 Å². The maximum absolute atomic E-state index is 13.8. The zero-order valence-electron chi connectivity index (χ0n) is 17.5. The number of nitrogens with zero attached hydrogens (tertiary/aromatic N) is 1. The fraction of sp³-hybridized carbons (Fsp3) is 0.154. The van der Waals surface area contributed by atoms with E-state index in [9.17, 15) is 9.18 Å². The highest BCUT2D eigenvalue weighted by molar-refractivity contribution is 5.97. The van der Waals surface area contributed by atoms with Gasteiger partial charge in [-0.15, -0.1) is 0 Å². The first-order valence-electron chi connectivity index (χ1n) is 10.7. The lowest BCUT2D eigenvalue weighted by Crippen LogP contribution is -2.31. The zero-order valence-corrected chi connectivity index (χ0v) is 17.5. The number of aromatic nitrogens is 2. The fourth-order valence-electron chi connectivity index (χ4n) is 4.03. The van der Waals surface area contributed by atoms with Crippen LogP contribution in [0.2, 0.25) is 0 Å². The van der Waals surface area contributed by atoms with Crippen molar-refractivity contribution in [3.05, 3.63) is 101 Å². The van der Waals surface area contributed by atoms with Crippen molar-refractivity contribution >= 4 is 5.91 Å². The van der Waals surface area contributed by atoms with Gasteiger partial charge in [0.1, 0.15) is 5.82 Å². The number of hydrogen-bond donors (Lipinski definition) is 3. The topological polar surface area (TPSA) is 69.8 Å². The average Bonchev–Trinajstić information content (AvgIpc) is 3.27. The molecule has 5 nitrogen and oxygen atoms in total. The number of carbonyl (C=O) groups is 1. The normalized spacial score (nSPS) is 13.0. The lowest BCUT2D eigenvalue weighted by Gasteiger charge is -2.11. The predicted octanol–water partition coefficient (Wildman–Crippen LogP) is 4.46. The SMILES string of the molecule is O=C1NCCc2[nH]c(-c3ccnc(-c4cccc(CNCc5ccccc5F)c4)c3)cc21. The van der Waals surface area contributed by atoms with Crippen LogP contribution < -0.4 is 10.6 Å². The molecule has 1 aliphatic heterocycles. The van der Waals surface area contributed by atoms with E-state index in [0.717, 1.165) is 40.2 Å². The summed E-state index contributed by atoms with van der Waals surface area (Å²) < 4.78 is 13.8. The van der Waals surface area contributed by atoms with Crippen molar-refractivity contribution in [3.63, 3.8) is 0 Å². The molecule has 3 heterocycles. The van der Waals surface area contributed by atoms with Crippen LogP contribution in [0.3, 0.4) is 0 Å². The first-order valence-corrected chi connectivity index (χ1v) is 10.7. The van der Waals surface area contributed by atoms with E-state index in [1.54, 1.807) is 18.3 Å². The van der Waals surface area contributed by atoms with E-state index in [4.69, 9.17) is 0 Å². The summed E-state index contributed by atoms with van der Waals surface area (Å²) in [5, 5.41) is 6.18. The molecule has 3 N–H and O–H groups in total. The van der Waals surface area contributed by atoms with Crippen LogP contribution in [0.4, 0.5) is 4.39 Å². The number of H-pyrrole nitrogens is 1. The van der Waals surface area contributed by atoms with Crippen LogP contribution in [0, 0.1) is 5.82 Å². The first kappa shape index (κ1) is 20.2. The number of pyridine rings is 1. The van der Waals surface area contributed by atoms with Crippen LogP contribution in [0.5, 0.6) is 0 Å². The summed E-state index contributed by atoms with van der Waals surface area (Å²) in [6.07, 6.45) is 2.59. The molecule has 5 rings (SSSR count). The summed E-state index contributed by atoms with van der Waals surface area (Å²) >= 11 is 0. The van der Waals surface area contributed by atoms with E-state index < -0.39 is 0 Å². The van der Waals surface area contributed by atoms with E-state index >= 15 is 0 Å². The molecular weight excluding hydrogens is 403 g/mol. The molecule has 0 bridgehead atoms. The highest BCUT2D eigenvalue weighted by atomic mass is 19.1. The molecule has 0 fully saturated rings. The number of nitrogens with one attached hydrogen (secondary N) is 3. The lowest BCUT2D eigenvalue weighted by molar-refractivity contribution is 0.0946. The number of hydrogen-bond acceptors (Lipinski definition) is 3. The number of fused-ring (bicyclic) bond motifs is 1. The number of aromatic amines is 1. The van der Waals surface area contributed by atoms with Gasteiger partial charge < -0.3 is 15.6 Å². The number of benzene rings is 2. The number of rotatable bonds is 6. The molecule has 1 aliphatic rings. The van der Waals surface area contributed by atoms with Crippen LogP contribution in [0.1, 0.15) is 27.2 Å². The maximum atomic E-state index is 13.8. The molecule has 0 saturated heterocycles. The van der Waals surface area contributed by atoms with Gasteiger partial charge in [0.25, 0.3) is 5.91 Å². The van der Waals surface area contributed by atoms with Gasteiger partial charge in [-0.3, -0.25) is 9.78 Å². The first-order chi connectivity index (χ1) is 15.7. The molecule has 0 spiro atoms. The number of carbonyl (C=O) groups excluding carboxylic acids is 1. The van der Waals surface area contributed by atoms with Gasteiger partial charge in [0.05, 0.1) is 11.3 Å². The van der Waals surface area contributed by atoms with Crippen molar-refractivity contribution in [1.29, 1.82) is 0 Å². The predicted molar refractivity (Wildman–Crippen MR) is 122 cm³/mol. The Balaban J connectivity index is 1.33. The molecule has 4 aromatic rings. The van der Waals surface area contributed by atoms with Crippen LogP contribution in [0.15, 0.2) is 72.9 Å². The molecule has 0 saturated carbocycles. The van der Waals surface area contributed by atoms with E-state index in [1.165, 1.54) is 6.07 Å². The van der Waals surface area contributed by atoms with Gasteiger partial charge in [-0.2, -0.15) is 0 Å². The Labute approximate surface area is 185 Å². The molecular formula is C26H23FN4O.